The first-order valence-corrected chi connectivity index (χ1v) is 5.62. The molecule has 2 rings (SSSR count). The Kier molecular flexibility index (Phi) is 2.96. The van der Waals surface area contributed by atoms with E-state index in [-0.39, 0.29) is 0 Å². The Hall–Kier alpha value is -1.36. The van der Waals surface area contributed by atoms with Gasteiger partial charge >= 0.3 is 0 Å². The van der Waals surface area contributed by atoms with Gasteiger partial charge in [0.1, 0.15) is 11.6 Å². The Labute approximate surface area is 102 Å². The smallest absolute Gasteiger partial charge is 0.158 e. The molecule has 0 spiro atoms. The second-order valence-electron chi connectivity index (χ2n) is 3.46. The van der Waals surface area contributed by atoms with Crippen LogP contribution in [0.5, 0.6) is 5.75 Å². The average Bonchev–Trinajstić information content (AvgIpc) is 2.58. The normalized spacial score (nSPS) is 10.5. The number of hydrogen-bond donors (Lipinski definition) is 0. The number of ether oxygens (including phenoxy) is 1. The number of benzene rings is 1. The standard InChI is InChI=1S/C11H12BrN3O/c1-7-13-11(15(2)14-7)8-4-5-10(16-3)9(12)6-8/h4-6H,1-3H3. The average molecular weight is 282 g/mol. The third kappa shape index (κ3) is 1.95. The lowest BCUT2D eigenvalue weighted by Gasteiger charge is -2.05. The third-order valence-electron chi connectivity index (χ3n) is 2.28. The van der Waals surface area contributed by atoms with Crippen molar-refractivity contribution in [3.05, 3.63) is 28.5 Å². The van der Waals surface area contributed by atoms with Gasteiger partial charge in [-0.15, -0.1) is 0 Å². The molecule has 5 heteroatoms. The molecule has 0 N–H and O–H groups in total. The van der Waals surface area contributed by atoms with Crippen molar-refractivity contribution in [2.75, 3.05) is 7.11 Å². The van der Waals surface area contributed by atoms with Crippen molar-refractivity contribution in [3.63, 3.8) is 0 Å². The molecule has 0 unspecified atom stereocenters. The maximum atomic E-state index is 5.18. The predicted octanol–water partition coefficient (Wildman–Crippen LogP) is 2.56. The van der Waals surface area contributed by atoms with Crippen molar-refractivity contribution in [1.29, 1.82) is 0 Å². The molecule has 0 aliphatic heterocycles. The van der Waals surface area contributed by atoms with Crippen LogP contribution in [0.2, 0.25) is 0 Å². The molecular formula is C11H12BrN3O. The van der Waals surface area contributed by atoms with E-state index in [1.54, 1.807) is 11.8 Å². The lowest BCUT2D eigenvalue weighted by molar-refractivity contribution is 0.412. The number of aromatic nitrogens is 3. The van der Waals surface area contributed by atoms with Crippen LogP contribution in [0.1, 0.15) is 5.82 Å². The zero-order valence-electron chi connectivity index (χ0n) is 9.36. The second-order valence-corrected chi connectivity index (χ2v) is 4.31. The Morgan fingerprint density at radius 2 is 2.12 bits per heavy atom. The molecule has 1 aromatic carbocycles. The highest BCUT2D eigenvalue weighted by molar-refractivity contribution is 9.10. The first kappa shape index (κ1) is 11.1. The lowest BCUT2D eigenvalue weighted by Crippen LogP contribution is -1.95. The fraction of sp³-hybridized carbons (Fsp3) is 0.273. The molecular weight excluding hydrogens is 270 g/mol. The van der Waals surface area contributed by atoms with Crippen molar-refractivity contribution in [2.24, 2.45) is 7.05 Å². The Bertz CT molecular complexity index is 522. The fourth-order valence-corrected chi connectivity index (χ4v) is 2.11. The first-order valence-electron chi connectivity index (χ1n) is 4.83. The topological polar surface area (TPSA) is 39.9 Å². The SMILES string of the molecule is COc1ccc(-c2nc(C)nn2C)cc1Br. The Morgan fingerprint density at radius 3 is 2.62 bits per heavy atom. The summed E-state index contributed by atoms with van der Waals surface area (Å²) in [5.74, 6) is 2.42. The minimum absolute atomic E-state index is 0.768. The highest BCUT2D eigenvalue weighted by Gasteiger charge is 2.09. The largest absolute Gasteiger partial charge is 0.496 e. The molecule has 4 nitrogen and oxygen atoms in total. The summed E-state index contributed by atoms with van der Waals surface area (Å²) in [5.41, 5.74) is 1.01. The molecule has 0 bridgehead atoms. The van der Waals surface area contributed by atoms with Gasteiger partial charge in [-0.1, -0.05) is 0 Å². The van der Waals surface area contributed by atoms with Gasteiger partial charge < -0.3 is 4.74 Å². The van der Waals surface area contributed by atoms with Crippen LogP contribution in [0.15, 0.2) is 22.7 Å². The summed E-state index contributed by atoms with van der Waals surface area (Å²) in [4.78, 5) is 4.37. The summed E-state index contributed by atoms with van der Waals surface area (Å²) in [6.07, 6.45) is 0. The van der Waals surface area contributed by atoms with Crippen LogP contribution in [0.25, 0.3) is 11.4 Å². The molecule has 0 radical (unpaired) electrons. The van der Waals surface area contributed by atoms with E-state index >= 15 is 0 Å². The van der Waals surface area contributed by atoms with Gasteiger partial charge in [-0.25, -0.2) is 9.67 Å². The fourth-order valence-electron chi connectivity index (χ4n) is 1.57. The van der Waals surface area contributed by atoms with Gasteiger partial charge in [0.05, 0.1) is 11.6 Å². The maximum Gasteiger partial charge on any atom is 0.158 e. The number of rotatable bonds is 2. The van der Waals surface area contributed by atoms with Crippen molar-refractivity contribution in [3.8, 4) is 17.1 Å². The maximum absolute atomic E-state index is 5.18. The summed E-state index contributed by atoms with van der Waals surface area (Å²) < 4.78 is 7.86. The van der Waals surface area contributed by atoms with Gasteiger partial charge in [-0.05, 0) is 41.1 Å². The van der Waals surface area contributed by atoms with Crippen LogP contribution >= 0.6 is 15.9 Å². The van der Waals surface area contributed by atoms with Crippen molar-refractivity contribution >= 4 is 15.9 Å². The number of aryl methyl sites for hydroxylation is 2. The van der Waals surface area contributed by atoms with Gasteiger partial charge in [0.25, 0.3) is 0 Å². The molecule has 84 valence electrons. The minimum atomic E-state index is 0.768. The molecule has 2 aromatic rings. The van der Waals surface area contributed by atoms with Crippen LogP contribution in [-0.4, -0.2) is 21.9 Å². The Balaban J connectivity index is 2.49. The molecule has 0 saturated carbocycles. The molecule has 1 aromatic heterocycles. The van der Waals surface area contributed by atoms with E-state index in [2.05, 4.69) is 26.0 Å². The van der Waals surface area contributed by atoms with Crippen LogP contribution in [0.3, 0.4) is 0 Å². The van der Waals surface area contributed by atoms with E-state index in [9.17, 15) is 0 Å². The van der Waals surface area contributed by atoms with Gasteiger partial charge in [-0.3, -0.25) is 0 Å². The van der Waals surface area contributed by atoms with Crippen molar-refractivity contribution in [1.82, 2.24) is 14.8 Å². The first-order chi connectivity index (χ1) is 7.61. The molecule has 16 heavy (non-hydrogen) atoms. The number of methoxy groups -OCH3 is 1. The third-order valence-corrected chi connectivity index (χ3v) is 2.90. The van der Waals surface area contributed by atoms with E-state index in [0.29, 0.717) is 0 Å². The van der Waals surface area contributed by atoms with E-state index in [1.165, 1.54) is 0 Å². The predicted molar refractivity (Wildman–Crippen MR) is 65.4 cm³/mol. The zero-order valence-corrected chi connectivity index (χ0v) is 10.9. The van der Waals surface area contributed by atoms with Crippen molar-refractivity contribution < 1.29 is 4.74 Å². The van der Waals surface area contributed by atoms with Gasteiger partial charge in [0.15, 0.2) is 5.82 Å². The number of hydrogen-bond acceptors (Lipinski definition) is 3. The second kappa shape index (κ2) is 4.25. The molecule has 0 fully saturated rings. The molecule has 0 atom stereocenters. The monoisotopic (exact) mass is 281 g/mol. The van der Waals surface area contributed by atoms with Crippen molar-refractivity contribution in [2.45, 2.75) is 6.92 Å². The van der Waals surface area contributed by atoms with Gasteiger partial charge in [-0.2, -0.15) is 5.10 Å². The van der Waals surface area contributed by atoms with Gasteiger partial charge in [0, 0.05) is 12.6 Å². The van der Waals surface area contributed by atoms with E-state index in [0.717, 1.165) is 27.4 Å². The summed E-state index contributed by atoms with van der Waals surface area (Å²) in [6.45, 7) is 1.88. The molecule has 0 aliphatic carbocycles. The highest BCUT2D eigenvalue weighted by atomic mass is 79.9. The Morgan fingerprint density at radius 1 is 1.38 bits per heavy atom. The van der Waals surface area contributed by atoms with Crippen LogP contribution in [0, 0.1) is 6.92 Å². The molecule has 0 amide bonds. The minimum Gasteiger partial charge on any atom is -0.496 e. The van der Waals surface area contributed by atoms with Gasteiger partial charge in [0.2, 0.25) is 0 Å². The summed E-state index contributed by atoms with van der Waals surface area (Å²) in [7, 11) is 3.53. The summed E-state index contributed by atoms with van der Waals surface area (Å²) >= 11 is 3.45. The zero-order chi connectivity index (χ0) is 11.7. The summed E-state index contributed by atoms with van der Waals surface area (Å²) in [6, 6.07) is 5.85. The molecule has 1 heterocycles. The highest BCUT2D eigenvalue weighted by Crippen LogP contribution is 2.29. The quantitative estimate of drug-likeness (QED) is 0.850. The van der Waals surface area contributed by atoms with Crippen LogP contribution in [0.4, 0.5) is 0 Å². The number of halogens is 1. The molecule has 0 saturated heterocycles. The van der Waals surface area contributed by atoms with E-state index < -0.39 is 0 Å². The lowest BCUT2D eigenvalue weighted by atomic mass is 10.2. The summed E-state index contributed by atoms with van der Waals surface area (Å²) in [5, 5.41) is 4.22. The molecule has 0 aliphatic rings. The number of nitrogens with zero attached hydrogens (tertiary/aromatic N) is 3. The van der Waals surface area contributed by atoms with E-state index in [1.807, 2.05) is 32.2 Å². The van der Waals surface area contributed by atoms with Crippen LogP contribution < -0.4 is 4.74 Å². The van der Waals surface area contributed by atoms with Crippen LogP contribution in [-0.2, 0) is 7.05 Å². The van der Waals surface area contributed by atoms with E-state index in [4.69, 9.17) is 4.74 Å².